The number of anilines is 1. The van der Waals surface area contributed by atoms with Crippen LogP contribution in [-0.2, 0) is 11.0 Å². The van der Waals surface area contributed by atoms with Crippen LogP contribution in [0.15, 0.2) is 18.2 Å². The highest BCUT2D eigenvalue weighted by molar-refractivity contribution is 5.92. The van der Waals surface area contributed by atoms with E-state index in [1.54, 1.807) is 6.92 Å². The number of carbonyl (C=O) groups is 1. The van der Waals surface area contributed by atoms with Crippen molar-refractivity contribution in [1.82, 2.24) is 0 Å². The topological polar surface area (TPSA) is 78.9 Å². The second-order valence-corrected chi connectivity index (χ2v) is 4.20. The van der Waals surface area contributed by atoms with E-state index >= 15 is 0 Å². The lowest BCUT2D eigenvalue weighted by molar-refractivity contribution is -0.137. The van der Waals surface area contributed by atoms with Crippen LogP contribution < -0.4 is 11.1 Å². The molecule has 1 unspecified atom stereocenters. The Hall–Kier alpha value is -2.07. The average Bonchev–Trinajstić information content (AvgIpc) is 2.39. The first kappa shape index (κ1) is 16.0. The van der Waals surface area contributed by atoms with Crippen molar-refractivity contribution in [1.29, 1.82) is 5.26 Å². The van der Waals surface area contributed by atoms with E-state index in [0.29, 0.717) is 6.42 Å². The van der Waals surface area contributed by atoms with Crippen molar-refractivity contribution in [3.05, 3.63) is 29.3 Å². The molecule has 0 heterocycles. The largest absolute Gasteiger partial charge is 0.417 e. The molecule has 0 aliphatic heterocycles. The lowest BCUT2D eigenvalue weighted by atomic mass is 10.0. The Labute approximate surface area is 114 Å². The number of hydrogen-bond donors (Lipinski definition) is 2. The SMILES string of the molecule is CCC(CN)C(=O)Nc1ccc(C#N)c(C(F)(F)F)c1. The van der Waals surface area contributed by atoms with Crippen LogP contribution in [0.4, 0.5) is 18.9 Å². The maximum atomic E-state index is 12.8. The maximum absolute atomic E-state index is 12.8. The van der Waals surface area contributed by atoms with Gasteiger partial charge in [-0.25, -0.2) is 0 Å². The molecule has 4 nitrogen and oxygen atoms in total. The van der Waals surface area contributed by atoms with Gasteiger partial charge in [0.15, 0.2) is 0 Å². The lowest BCUT2D eigenvalue weighted by Gasteiger charge is -2.15. The maximum Gasteiger partial charge on any atom is 0.417 e. The molecule has 0 bridgehead atoms. The van der Waals surface area contributed by atoms with Crippen LogP contribution in [0.25, 0.3) is 0 Å². The molecule has 20 heavy (non-hydrogen) atoms. The molecule has 1 rings (SSSR count). The van der Waals surface area contributed by atoms with E-state index in [9.17, 15) is 18.0 Å². The predicted molar refractivity (Wildman–Crippen MR) is 67.6 cm³/mol. The van der Waals surface area contributed by atoms with Crippen LogP contribution >= 0.6 is 0 Å². The summed E-state index contributed by atoms with van der Waals surface area (Å²) < 4.78 is 38.3. The zero-order chi connectivity index (χ0) is 15.3. The number of hydrogen-bond acceptors (Lipinski definition) is 3. The van der Waals surface area contributed by atoms with Gasteiger partial charge in [0.1, 0.15) is 0 Å². The summed E-state index contributed by atoms with van der Waals surface area (Å²) in [5.74, 6) is -0.896. The van der Waals surface area contributed by atoms with Gasteiger partial charge >= 0.3 is 6.18 Å². The fourth-order valence-corrected chi connectivity index (χ4v) is 1.66. The molecule has 1 atom stereocenters. The van der Waals surface area contributed by atoms with Crippen LogP contribution in [0.1, 0.15) is 24.5 Å². The molecule has 0 aromatic heterocycles. The van der Waals surface area contributed by atoms with Crippen LogP contribution in [0.3, 0.4) is 0 Å². The Kier molecular flexibility index (Phi) is 5.11. The number of nitrogens with zero attached hydrogens (tertiary/aromatic N) is 1. The predicted octanol–water partition coefficient (Wildman–Crippen LogP) is 2.50. The fourth-order valence-electron chi connectivity index (χ4n) is 1.66. The number of rotatable bonds is 4. The summed E-state index contributed by atoms with van der Waals surface area (Å²) in [5.41, 5.74) is 3.84. The molecule has 0 radical (unpaired) electrons. The quantitative estimate of drug-likeness (QED) is 0.892. The third-order valence-electron chi connectivity index (χ3n) is 2.86. The van der Waals surface area contributed by atoms with Gasteiger partial charge in [0.05, 0.1) is 23.1 Å². The minimum Gasteiger partial charge on any atom is -0.330 e. The highest BCUT2D eigenvalue weighted by Crippen LogP contribution is 2.33. The van der Waals surface area contributed by atoms with Crippen LogP contribution in [0.2, 0.25) is 0 Å². The summed E-state index contributed by atoms with van der Waals surface area (Å²) in [7, 11) is 0. The lowest BCUT2D eigenvalue weighted by Crippen LogP contribution is -2.28. The highest BCUT2D eigenvalue weighted by atomic mass is 19.4. The summed E-state index contributed by atoms with van der Waals surface area (Å²) in [5, 5.41) is 11.0. The van der Waals surface area contributed by atoms with Crippen molar-refractivity contribution >= 4 is 11.6 Å². The first-order valence-electron chi connectivity index (χ1n) is 5.95. The Morgan fingerprint density at radius 3 is 2.60 bits per heavy atom. The van der Waals surface area contributed by atoms with Crippen molar-refractivity contribution in [2.24, 2.45) is 11.7 Å². The van der Waals surface area contributed by atoms with Crippen LogP contribution in [0, 0.1) is 17.2 Å². The monoisotopic (exact) mass is 285 g/mol. The number of nitrogens with two attached hydrogens (primary N) is 1. The van der Waals surface area contributed by atoms with E-state index in [4.69, 9.17) is 11.0 Å². The highest BCUT2D eigenvalue weighted by Gasteiger charge is 2.34. The Morgan fingerprint density at radius 1 is 1.50 bits per heavy atom. The summed E-state index contributed by atoms with van der Waals surface area (Å²) in [6.45, 7) is 1.88. The summed E-state index contributed by atoms with van der Waals surface area (Å²) >= 11 is 0. The third kappa shape index (κ3) is 3.71. The van der Waals surface area contributed by atoms with E-state index in [2.05, 4.69) is 5.32 Å². The van der Waals surface area contributed by atoms with Gasteiger partial charge in [0, 0.05) is 12.2 Å². The van der Waals surface area contributed by atoms with Crippen molar-refractivity contribution in [2.75, 3.05) is 11.9 Å². The van der Waals surface area contributed by atoms with Gasteiger partial charge in [-0.2, -0.15) is 18.4 Å². The molecular weight excluding hydrogens is 271 g/mol. The number of benzene rings is 1. The standard InChI is InChI=1S/C13H14F3N3O/c1-2-8(6-17)12(20)19-10-4-3-9(7-18)11(5-10)13(14,15)16/h3-5,8H,2,6,17H2,1H3,(H,19,20). The van der Waals surface area contributed by atoms with E-state index in [1.807, 2.05) is 0 Å². The van der Waals surface area contributed by atoms with Gasteiger partial charge in [0.2, 0.25) is 5.91 Å². The molecule has 1 aromatic carbocycles. The van der Waals surface area contributed by atoms with Crippen LogP contribution in [0.5, 0.6) is 0 Å². The molecule has 1 aromatic rings. The number of carbonyl (C=O) groups excluding carboxylic acids is 1. The van der Waals surface area contributed by atoms with Crippen molar-refractivity contribution < 1.29 is 18.0 Å². The Morgan fingerprint density at radius 2 is 2.15 bits per heavy atom. The van der Waals surface area contributed by atoms with Crippen molar-refractivity contribution in [3.63, 3.8) is 0 Å². The summed E-state index contributed by atoms with van der Waals surface area (Å²) in [6.07, 6.45) is -4.16. The first-order chi connectivity index (χ1) is 9.33. The molecule has 0 saturated carbocycles. The van der Waals surface area contributed by atoms with Gasteiger partial charge in [-0.05, 0) is 24.6 Å². The zero-order valence-corrected chi connectivity index (χ0v) is 10.8. The second-order valence-electron chi connectivity index (χ2n) is 4.20. The summed E-state index contributed by atoms with van der Waals surface area (Å²) in [4.78, 5) is 11.8. The van der Waals surface area contributed by atoms with E-state index in [-0.39, 0.29) is 12.2 Å². The Bertz CT molecular complexity index is 531. The first-order valence-corrected chi connectivity index (χ1v) is 5.95. The molecule has 108 valence electrons. The minimum absolute atomic E-state index is 0.00627. The second kappa shape index (κ2) is 6.39. The number of nitriles is 1. The van der Waals surface area contributed by atoms with Gasteiger partial charge in [-0.1, -0.05) is 6.92 Å². The molecular formula is C13H14F3N3O. The van der Waals surface area contributed by atoms with Crippen molar-refractivity contribution in [2.45, 2.75) is 19.5 Å². The van der Waals surface area contributed by atoms with Gasteiger partial charge < -0.3 is 11.1 Å². The van der Waals surface area contributed by atoms with Gasteiger partial charge in [0.25, 0.3) is 0 Å². The average molecular weight is 285 g/mol. The van der Waals surface area contributed by atoms with E-state index in [0.717, 1.165) is 12.1 Å². The Balaban J connectivity index is 3.05. The molecule has 7 heteroatoms. The molecule has 3 N–H and O–H groups in total. The molecule has 0 fully saturated rings. The number of alkyl halides is 3. The molecule has 0 aliphatic rings. The van der Waals surface area contributed by atoms with Gasteiger partial charge in [-0.15, -0.1) is 0 Å². The fraction of sp³-hybridized carbons (Fsp3) is 0.385. The third-order valence-corrected chi connectivity index (χ3v) is 2.86. The van der Waals surface area contributed by atoms with Crippen molar-refractivity contribution in [3.8, 4) is 6.07 Å². The number of halogens is 3. The molecule has 0 saturated heterocycles. The smallest absolute Gasteiger partial charge is 0.330 e. The minimum atomic E-state index is -4.65. The molecule has 1 amide bonds. The van der Waals surface area contributed by atoms with Gasteiger partial charge in [-0.3, -0.25) is 4.79 Å². The normalized spacial score (nSPS) is 12.6. The number of amides is 1. The molecule has 0 spiro atoms. The van der Waals surface area contributed by atoms with E-state index < -0.39 is 29.1 Å². The summed E-state index contributed by atoms with van der Waals surface area (Å²) in [6, 6.07) is 4.51. The molecule has 0 aliphatic carbocycles. The zero-order valence-electron chi connectivity index (χ0n) is 10.8. The van der Waals surface area contributed by atoms with E-state index in [1.165, 1.54) is 12.1 Å². The number of nitrogens with one attached hydrogen (secondary N) is 1. The van der Waals surface area contributed by atoms with Crippen LogP contribution in [-0.4, -0.2) is 12.5 Å².